The third kappa shape index (κ3) is 3.63. The Labute approximate surface area is 172 Å². The fourth-order valence-corrected chi connectivity index (χ4v) is 5.31. The SMILES string of the molecule is O=C(Nc1ccccc1F)C1CSC(c2ccccc2Cl)N1C(=O)C1CCC1. The molecule has 1 aliphatic carbocycles. The molecular weight excluding hydrogens is 399 g/mol. The van der Waals surface area contributed by atoms with Gasteiger partial charge in [-0.05, 0) is 31.0 Å². The molecule has 1 aliphatic heterocycles. The molecule has 0 aromatic heterocycles. The van der Waals surface area contributed by atoms with E-state index in [2.05, 4.69) is 5.32 Å². The van der Waals surface area contributed by atoms with Crippen molar-refractivity contribution in [2.24, 2.45) is 5.92 Å². The molecule has 2 fully saturated rings. The first-order valence-electron chi connectivity index (χ1n) is 9.30. The van der Waals surface area contributed by atoms with Gasteiger partial charge in [0.1, 0.15) is 17.2 Å². The monoisotopic (exact) mass is 418 g/mol. The number of benzene rings is 2. The lowest BCUT2D eigenvalue weighted by Gasteiger charge is -2.35. The number of rotatable bonds is 4. The van der Waals surface area contributed by atoms with E-state index in [4.69, 9.17) is 11.6 Å². The van der Waals surface area contributed by atoms with Crippen LogP contribution in [0.3, 0.4) is 0 Å². The lowest BCUT2D eigenvalue weighted by molar-refractivity contribution is -0.144. The van der Waals surface area contributed by atoms with Crippen LogP contribution in [0.1, 0.15) is 30.2 Å². The molecule has 2 amide bonds. The van der Waals surface area contributed by atoms with Crippen LogP contribution in [-0.4, -0.2) is 28.5 Å². The molecule has 2 atom stereocenters. The van der Waals surface area contributed by atoms with Gasteiger partial charge in [-0.2, -0.15) is 0 Å². The summed E-state index contributed by atoms with van der Waals surface area (Å²) < 4.78 is 14.0. The standard InChI is InChI=1S/C21H20ClFN2O2S/c22-15-9-2-1-8-14(15)21-25(20(27)13-6-5-7-13)18(12-28-21)19(26)24-17-11-4-3-10-16(17)23/h1-4,8-11,13,18,21H,5-7,12H2,(H,24,26). The molecule has 2 aromatic carbocycles. The highest BCUT2D eigenvalue weighted by molar-refractivity contribution is 7.99. The third-order valence-electron chi connectivity index (χ3n) is 5.31. The van der Waals surface area contributed by atoms with Crippen molar-refractivity contribution in [1.29, 1.82) is 0 Å². The Hall–Kier alpha value is -2.05. The average molecular weight is 419 g/mol. The minimum atomic E-state index is -0.668. The molecule has 2 aromatic rings. The van der Waals surface area contributed by atoms with Crippen LogP contribution in [0.15, 0.2) is 48.5 Å². The van der Waals surface area contributed by atoms with Gasteiger partial charge in [-0.3, -0.25) is 9.59 Å². The van der Waals surface area contributed by atoms with E-state index in [-0.39, 0.29) is 28.8 Å². The van der Waals surface area contributed by atoms with Gasteiger partial charge in [-0.15, -0.1) is 11.8 Å². The van der Waals surface area contributed by atoms with Crippen molar-refractivity contribution in [2.75, 3.05) is 11.1 Å². The minimum absolute atomic E-state index is 0.0187. The summed E-state index contributed by atoms with van der Waals surface area (Å²) in [6.07, 6.45) is 2.72. The molecule has 0 bridgehead atoms. The van der Waals surface area contributed by atoms with Gasteiger partial charge in [0.15, 0.2) is 0 Å². The number of halogens is 2. The van der Waals surface area contributed by atoms with Gasteiger partial charge in [0.05, 0.1) is 5.69 Å². The molecule has 2 unspecified atom stereocenters. The Morgan fingerprint density at radius 1 is 1.11 bits per heavy atom. The summed E-state index contributed by atoms with van der Waals surface area (Å²) in [4.78, 5) is 27.8. The van der Waals surface area contributed by atoms with Gasteiger partial charge in [0.25, 0.3) is 0 Å². The predicted octanol–water partition coefficient (Wildman–Crippen LogP) is 4.86. The normalized spacial score (nSPS) is 22.0. The molecule has 146 valence electrons. The van der Waals surface area contributed by atoms with Crippen LogP contribution in [-0.2, 0) is 9.59 Å². The van der Waals surface area contributed by atoms with E-state index >= 15 is 0 Å². The summed E-state index contributed by atoms with van der Waals surface area (Å²) in [5, 5.41) is 2.89. The van der Waals surface area contributed by atoms with Crippen molar-refractivity contribution in [2.45, 2.75) is 30.7 Å². The molecule has 1 saturated heterocycles. The van der Waals surface area contributed by atoms with Gasteiger partial charge in [-0.25, -0.2) is 4.39 Å². The molecule has 28 heavy (non-hydrogen) atoms. The van der Waals surface area contributed by atoms with Crippen LogP contribution in [0.25, 0.3) is 0 Å². The van der Waals surface area contributed by atoms with Crippen molar-refractivity contribution in [3.8, 4) is 0 Å². The van der Waals surface area contributed by atoms with Gasteiger partial charge in [0.2, 0.25) is 11.8 Å². The zero-order valence-corrected chi connectivity index (χ0v) is 16.7. The molecule has 7 heteroatoms. The van der Waals surface area contributed by atoms with Crippen LogP contribution in [0.4, 0.5) is 10.1 Å². The van der Waals surface area contributed by atoms with E-state index in [0.29, 0.717) is 10.8 Å². The van der Waals surface area contributed by atoms with Crippen molar-refractivity contribution in [3.05, 3.63) is 64.9 Å². The first-order valence-corrected chi connectivity index (χ1v) is 10.7. The number of hydrogen-bond acceptors (Lipinski definition) is 3. The van der Waals surface area contributed by atoms with E-state index in [1.54, 1.807) is 23.1 Å². The highest BCUT2D eigenvalue weighted by Crippen LogP contribution is 2.46. The third-order valence-corrected chi connectivity index (χ3v) is 6.96. The summed E-state index contributed by atoms with van der Waals surface area (Å²) in [5.74, 6) is -0.502. The Bertz CT molecular complexity index is 905. The summed E-state index contributed by atoms with van der Waals surface area (Å²) in [6.45, 7) is 0. The summed E-state index contributed by atoms with van der Waals surface area (Å²) in [7, 11) is 0. The van der Waals surface area contributed by atoms with E-state index < -0.39 is 11.9 Å². The van der Waals surface area contributed by atoms with E-state index in [0.717, 1.165) is 24.8 Å². The van der Waals surface area contributed by atoms with Crippen LogP contribution in [0.2, 0.25) is 5.02 Å². The van der Waals surface area contributed by atoms with Gasteiger partial charge >= 0.3 is 0 Å². The van der Waals surface area contributed by atoms with E-state index in [1.807, 2.05) is 18.2 Å². The van der Waals surface area contributed by atoms with Crippen molar-refractivity contribution < 1.29 is 14.0 Å². The molecule has 2 aliphatic rings. The van der Waals surface area contributed by atoms with E-state index in [9.17, 15) is 14.0 Å². The topological polar surface area (TPSA) is 49.4 Å². The smallest absolute Gasteiger partial charge is 0.248 e. The number of carbonyl (C=O) groups excluding carboxylic acids is 2. The maximum Gasteiger partial charge on any atom is 0.248 e. The van der Waals surface area contributed by atoms with Crippen molar-refractivity contribution in [3.63, 3.8) is 0 Å². The zero-order chi connectivity index (χ0) is 19.7. The van der Waals surface area contributed by atoms with Crippen molar-refractivity contribution >= 4 is 40.9 Å². The molecule has 1 heterocycles. The maximum absolute atomic E-state index is 14.0. The highest BCUT2D eigenvalue weighted by Gasteiger charge is 2.45. The van der Waals surface area contributed by atoms with Crippen LogP contribution in [0.5, 0.6) is 0 Å². The van der Waals surface area contributed by atoms with E-state index in [1.165, 1.54) is 23.9 Å². The van der Waals surface area contributed by atoms with Crippen LogP contribution >= 0.6 is 23.4 Å². The lowest BCUT2D eigenvalue weighted by Crippen LogP contribution is -2.48. The molecule has 4 nitrogen and oxygen atoms in total. The Kier molecular flexibility index (Phi) is 5.60. The molecular formula is C21H20ClFN2O2S. The molecule has 4 rings (SSSR count). The second kappa shape index (κ2) is 8.13. The fraction of sp³-hybridized carbons (Fsp3) is 0.333. The molecule has 0 radical (unpaired) electrons. The highest BCUT2D eigenvalue weighted by atomic mass is 35.5. The number of nitrogens with zero attached hydrogens (tertiary/aromatic N) is 1. The molecule has 1 saturated carbocycles. The van der Waals surface area contributed by atoms with Gasteiger partial charge in [0, 0.05) is 22.3 Å². The number of para-hydroxylation sites is 1. The number of amides is 2. The average Bonchev–Trinajstić information content (AvgIpc) is 3.07. The largest absolute Gasteiger partial charge is 0.322 e. The fourth-order valence-electron chi connectivity index (χ4n) is 3.54. The summed E-state index contributed by atoms with van der Waals surface area (Å²) in [6, 6.07) is 12.8. The van der Waals surface area contributed by atoms with Crippen LogP contribution < -0.4 is 5.32 Å². The predicted molar refractivity (Wildman–Crippen MR) is 110 cm³/mol. The minimum Gasteiger partial charge on any atom is -0.322 e. The number of carbonyl (C=O) groups is 2. The molecule has 0 spiro atoms. The second-order valence-electron chi connectivity index (χ2n) is 7.07. The number of nitrogens with one attached hydrogen (secondary N) is 1. The Morgan fingerprint density at radius 2 is 1.82 bits per heavy atom. The summed E-state index contributed by atoms with van der Waals surface area (Å²) in [5.41, 5.74) is 0.942. The number of hydrogen-bond donors (Lipinski definition) is 1. The van der Waals surface area contributed by atoms with Gasteiger partial charge < -0.3 is 10.2 Å². The Balaban J connectivity index is 1.62. The number of anilines is 1. The quantitative estimate of drug-likeness (QED) is 0.771. The van der Waals surface area contributed by atoms with Gasteiger partial charge in [-0.1, -0.05) is 48.4 Å². The molecule has 1 N–H and O–H groups in total. The first kappa shape index (κ1) is 19.3. The zero-order valence-electron chi connectivity index (χ0n) is 15.1. The maximum atomic E-state index is 14.0. The number of thioether (sulfide) groups is 1. The van der Waals surface area contributed by atoms with Crippen LogP contribution in [0, 0.1) is 11.7 Å². The second-order valence-corrected chi connectivity index (χ2v) is 8.59. The van der Waals surface area contributed by atoms with Crippen molar-refractivity contribution in [1.82, 2.24) is 4.90 Å². The first-order chi connectivity index (χ1) is 13.6. The lowest BCUT2D eigenvalue weighted by atomic mass is 9.84. The Morgan fingerprint density at radius 3 is 2.50 bits per heavy atom. The summed E-state index contributed by atoms with van der Waals surface area (Å²) >= 11 is 7.89.